The molecule has 1 heterocycles. The van der Waals surface area contributed by atoms with Crippen LogP contribution in [-0.4, -0.2) is 37.0 Å². The van der Waals surface area contributed by atoms with Crippen LogP contribution in [0.1, 0.15) is 71.1 Å². The summed E-state index contributed by atoms with van der Waals surface area (Å²) in [6.45, 7) is 4.22. The summed E-state index contributed by atoms with van der Waals surface area (Å²) >= 11 is 0. The molecule has 3 nitrogen and oxygen atoms in total. The standard InChI is InChI=1S/C17H32N2O/c1-3-10-17(11-13-18-14-12-17)16(20)19(2)15-8-6-4-5-7-9-15/h15,18H,3-14H2,1-2H3. The van der Waals surface area contributed by atoms with Gasteiger partial charge in [0.15, 0.2) is 0 Å². The summed E-state index contributed by atoms with van der Waals surface area (Å²) in [5.74, 6) is 0.438. The van der Waals surface area contributed by atoms with Crippen LogP contribution >= 0.6 is 0 Å². The molecule has 0 radical (unpaired) electrons. The van der Waals surface area contributed by atoms with Crippen LogP contribution in [0, 0.1) is 5.41 Å². The molecule has 2 aliphatic rings. The quantitative estimate of drug-likeness (QED) is 0.801. The fourth-order valence-corrected chi connectivity index (χ4v) is 4.14. The number of piperidine rings is 1. The molecule has 1 saturated heterocycles. The molecule has 0 atom stereocenters. The average molecular weight is 280 g/mol. The number of hydrogen-bond acceptors (Lipinski definition) is 2. The molecule has 0 aromatic heterocycles. The lowest BCUT2D eigenvalue weighted by atomic mass is 9.74. The molecule has 1 N–H and O–H groups in total. The monoisotopic (exact) mass is 280 g/mol. The number of hydrogen-bond donors (Lipinski definition) is 1. The Morgan fingerprint density at radius 2 is 1.75 bits per heavy atom. The maximum atomic E-state index is 13.1. The van der Waals surface area contributed by atoms with Crippen LogP contribution in [0.25, 0.3) is 0 Å². The summed E-state index contributed by atoms with van der Waals surface area (Å²) in [5, 5.41) is 3.41. The molecule has 0 aromatic rings. The van der Waals surface area contributed by atoms with Crippen molar-refractivity contribution in [1.82, 2.24) is 10.2 Å². The Balaban J connectivity index is 2.05. The highest BCUT2D eigenvalue weighted by atomic mass is 16.2. The molecule has 3 heteroatoms. The van der Waals surface area contributed by atoms with Crippen LogP contribution in [-0.2, 0) is 4.79 Å². The van der Waals surface area contributed by atoms with Crippen LogP contribution < -0.4 is 5.32 Å². The van der Waals surface area contributed by atoms with E-state index in [2.05, 4.69) is 24.2 Å². The number of nitrogens with zero attached hydrogens (tertiary/aromatic N) is 1. The lowest BCUT2D eigenvalue weighted by Gasteiger charge is -2.41. The summed E-state index contributed by atoms with van der Waals surface area (Å²) in [7, 11) is 2.07. The van der Waals surface area contributed by atoms with Crippen molar-refractivity contribution in [2.24, 2.45) is 5.41 Å². The van der Waals surface area contributed by atoms with Gasteiger partial charge >= 0.3 is 0 Å². The van der Waals surface area contributed by atoms with Gasteiger partial charge in [0, 0.05) is 13.1 Å². The molecule has 1 aliphatic heterocycles. The molecule has 0 bridgehead atoms. The van der Waals surface area contributed by atoms with E-state index < -0.39 is 0 Å². The van der Waals surface area contributed by atoms with E-state index in [1.165, 1.54) is 38.5 Å². The molecule has 20 heavy (non-hydrogen) atoms. The first kappa shape index (κ1) is 15.8. The molecular weight excluding hydrogens is 248 g/mol. The van der Waals surface area contributed by atoms with Crippen LogP contribution in [0.15, 0.2) is 0 Å². The van der Waals surface area contributed by atoms with E-state index in [9.17, 15) is 4.79 Å². The van der Waals surface area contributed by atoms with Crippen molar-refractivity contribution in [3.8, 4) is 0 Å². The fourth-order valence-electron chi connectivity index (χ4n) is 4.14. The molecular formula is C17H32N2O. The van der Waals surface area contributed by atoms with E-state index in [4.69, 9.17) is 0 Å². The average Bonchev–Trinajstić information content (AvgIpc) is 2.76. The molecule has 2 rings (SSSR count). The Labute approximate surface area is 124 Å². The lowest BCUT2D eigenvalue weighted by molar-refractivity contribution is -0.145. The van der Waals surface area contributed by atoms with Gasteiger partial charge in [-0.3, -0.25) is 4.79 Å². The zero-order valence-corrected chi connectivity index (χ0v) is 13.4. The molecule has 0 spiro atoms. The normalized spacial score (nSPS) is 24.1. The molecule has 1 amide bonds. The van der Waals surface area contributed by atoms with Crippen molar-refractivity contribution in [3.05, 3.63) is 0 Å². The minimum absolute atomic E-state index is 0.0684. The van der Waals surface area contributed by atoms with Gasteiger partial charge in [-0.15, -0.1) is 0 Å². The smallest absolute Gasteiger partial charge is 0.228 e. The maximum Gasteiger partial charge on any atom is 0.228 e. The summed E-state index contributed by atoms with van der Waals surface area (Å²) in [6, 6.07) is 0.494. The number of amides is 1. The zero-order chi connectivity index (χ0) is 14.4. The van der Waals surface area contributed by atoms with Crippen molar-refractivity contribution in [2.75, 3.05) is 20.1 Å². The van der Waals surface area contributed by atoms with E-state index in [1.54, 1.807) is 0 Å². The minimum Gasteiger partial charge on any atom is -0.342 e. The Hall–Kier alpha value is -0.570. The van der Waals surface area contributed by atoms with E-state index in [1.807, 2.05) is 0 Å². The van der Waals surface area contributed by atoms with Crippen molar-refractivity contribution < 1.29 is 4.79 Å². The van der Waals surface area contributed by atoms with Crippen LogP contribution in [0.2, 0.25) is 0 Å². The second kappa shape index (κ2) is 7.44. The summed E-state index contributed by atoms with van der Waals surface area (Å²) in [5.41, 5.74) is -0.0684. The Morgan fingerprint density at radius 3 is 2.30 bits per heavy atom. The highest BCUT2D eigenvalue weighted by Gasteiger charge is 2.41. The number of nitrogens with one attached hydrogen (secondary N) is 1. The highest BCUT2D eigenvalue weighted by Crippen LogP contribution is 2.37. The van der Waals surface area contributed by atoms with Gasteiger partial charge in [0.25, 0.3) is 0 Å². The Bertz CT molecular complexity index is 297. The van der Waals surface area contributed by atoms with Crippen molar-refractivity contribution >= 4 is 5.91 Å². The lowest BCUT2D eigenvalue weighted by Crippen LogP contribution is -2.50. The van der Waals surface area contributed by atoms with Gasteiger partial charge in [-0.1, -0.05) is 39.0 Å². The van der Waals surface area contributed by atoms with Gasteiger partial charge in [0.05, 0.1) is 5.41 Å². The van der Waals surface area contributed by atoms with E-state index in [0.717, 1.165) is 38.8 Å². The molecule has 0 aromatic carbocycles. The van der Waals surface area contributed by atoms with Gasteiger partial charge in [0.2, 0.25) is 5.91 Å². The summed E-state index contributed by atoms with van der Waals surface area (Å²) in [6.07, 6.45) is 11.9. The predicted octanol–water partition coefficient (Wildman–Crippen LogP) is 3.34. The SMILES string of the molecule is CCCC1(C(=O)N(C)C2CCCCCC2)CCNCC1. The van der Waals surface area contributed by atoms with E-state index in [0.29, 0.717) is 11.9 Å². The van der Waals surface area contributed by atoms with Crippen LogP contribution in [0.3, 0.4) is 0 Å². The second-order valence-corrected chi connectivity index (χ2v) is 6.84. The Morgan fingerprint density at radius 1 is 1.15 bits per heavy atom. The largest absolute Gasteiger partial charge is 0.342 e. The first-order valence-corrected chi connectivity index (χ1v) is 8.67. The Kier molecular flexibility index (Phi) is 5.88. The highest BCUT2D eigenvalue weighted by molar-refractivity contribution is 5.83. The third kappa shape index (κ3) is 3.55. The summed E-state index contributed by atoms with van der Waals surface area (Å²) in [4.78, 5) is 15.3. The van der Waals surface area contributed by atoms with E-state index >= 15 is 0 Å². The summed E-state index contributed by atoms with van der Waals surface area (Å²) < 4.78 is 0. The van der Waals surface area contributed by atoms with Crippen molar-refractivity contribution in [2.45, 2.75) is 77.2 Å². The first-order chi connectivity index (χ1) is 9.69. The van der Waals surface area contributed by atoms with Crippen LogP contribution in [0.4, 0.5) is 0 Å². The van der Waals surface area contributed by atoms with Crippen molar-refractivity contribution in [3.63, 3.8) is 0 Å². The van der Waals surface area contributed by atoms with Gasteiger partial charge in [-0.05, 0) is 45.2 Å². The van der Waals surface area contributed by atoms with Gasteiger partial charge in [0.1, 0.15) is 0 Å². The molecule has 1 aliphatic carbocycles. The number of carbonyl (C=O) groups excluding carboxylic acids is 1. The zero-order valence-electron chi connectivity index (χ0n) is 13.4. The molecule has 0 unspecified atom stereocenters. The second-order valence-electron chi connectivity index (χ2n) is 6.84. The first-order valence-electron chi connectivity index (χ1n) is 8.67. The minimum atomic E-state index is -0.0684. The predicted molar refractivity (Wildman–Crippen MR) is 83.7 cm³/mol. The topological polar surface area (TPSA) is 32.3 Å². The molecule has 2 fully saturated rings. The molecule has 1 saturated carbocycles. The van der Waals surface area contributed by atoms with Gasteiger partial charge < -0.3 is 10.2 Å². The number of rotatable bonds is 4. The fraction of sp³-hybridized carbons (Fsp3) is 0.941. The van der Waals surface area contributed by atoms with Gasteiger partial charge in [-0.25, -0.2) is 0 Å². The molecule has 116 valence electrons. The van der Waals surface area contributed by atoms with E-state index in [-0.39, 0.29) is 5.41 Å². The third-order valence-corrected chi connectivity index (χ3v) is 5.44. The maximum absolute atomic E-state index is 13.1. The van der Waals surface area contributed by atoms with Crippen molar-refractivity contribution in [1.29, 1.82) is 0 Å². The van der Waals surface area contributed by atoms with Crippen LogP contribution in [0.5, 0.6) is 0 Å². The third-order valence-electron chi connectivity index (χ3n) is 5.44. The number of carbonyl (C=O) groups is 1. The van der Waals surface area contributed by atoms with Gasteiger partial charge in [-0.2, -0.15) is 0 Å².